The molecule has 3 amide bonds. The maximum absolute atomic E-state index is 11.4. The largest absolute Gasteiger partial charge is 0.384 e. The number of nitrogens with one attached hydrogen (secondary N) is 1. The van der Waals surface area contributed by atoms with E-state index in [4.69, 9.17) is 16.6 Å². The first-order valence-electron chi connectivity index (χ1n) is 5.16. The number of nitrogens with two attached hydrogens (primary N) is 2. The normalized spacial score (nSPS) is 11.7. The van der Waals surface area contributed by atoms with Crippen LogP contribution in [-0.4, -0.2) is 28.9 Å². The molecule has 0 aromatic heterocycles. The molecule has 0 aliphatic carbocycles. The summed E-state index contributed by atoms with van der Waals surface area (Å²) in [6, 6.07) is 2.71. The van der Waals surface area contributed by atoms with Crippen LogP contribution in [0.15, 0.2) is 12.1 Å². The first kappa shape index (κ1) is 15.4. The number of aliphatic hydroxyl groups is 1. The Morgan fingerprint density at radius 2 is 1.84 bits per heavy atom. The van der Waals surface area contributed by atoms with E-state index in [0.717, 1.165) is 0 Å². The van der Waals surface area contributed by atoms with E-state index >= 15 is 0 Å². The van der Waals surface area contributed by atoms with E-state index in [1.54, 1.807) is 22.6 Å². The fraction of sp³-hybridized carbons (Fsp3) is 0.182. The summed E-state index contributed by atoms with van der Waals surface area (Å²) in [5, 5.41) is 11.5. The molecular formula is C11H12IN3O4. The smallest absolute Gasteiger partial charge is 0.252 e. The highest BCUT2D eigenvalue weighted by molar-refractivity contribution is 14.1. The van der Waals surface area contributed by atoms with Crippen molar-refractivity contribution in [1.29, 1.82) is 0 Å². The van der Waals surface area contributed by atoms with Gasteiger partial charge in [-0.05, 0) is 41.6 Å². The summed E-state index contributed by atoms with van der Waals surface area (Å²) in [6.07, 6.45) is -1.24. The minimum absolute atomic E-state index is 0.0223. The van der Waals surface area contributed by atoms with E-state index in [0.29, 0.717) is 0 Å². The van der Waals surface area contributed by atoms with Gasteiger partial charge in [-0.25, -0.2) is 0 Å². The fourth-order valence-electron chi connectivity index (χ4n) is 1.35. The molecule has 8 heteroatoms. The summed E-state index contributed by atoms with van der Waals surface area (Å²) >= 11 is 1.75. The van der Waals surface area contributed by atoms with E-state index in [9.17, 15) is 14.4 Å². The van der Waals surface area contributed by atoms with Gasteiger partial charge < -0.3 is 21.9 Å². The number of carbonyl (C=O) groups excluding carboxylic acids is 3. The highest BCUT2D eigenvalue weighted by atomic mass is 127. The van der Waals surface area contributed by atoms with E-state index in [1.165, 1.54) is 19.1 Å². The topological polar surface area (TPSA) is 136 Å². The van der Waals surface area contributed by atoms with Gasteiger partial charge in [0.05, 0.1) is 16.8 Å². The molecule has 0 bridgehead atoms. The van der Waals surface area contributed by atoms with Gasteiger partial charge in [-0.15, -0.1) is 0 Å². The van der Waals surface area contributed by atoms with Crippen molar-refractivity contribution < 1.29 is 19.5 Å². The predicted molar refractivity (Wildman–Crippen MR) is 76.5 cm³/mol. The Balaban J connectivity index is 3.34. The highest BCUT2D eigenvalue weighted by Crippen LogP contribution is 2.25. The van der Waals surface area contributed by atoms with Gasteiger partial charge in [0.1, 0.15) is 6.10 Å². The van der Waals surface area contributed by atoms with E-state index in [-0.39, 0.29) is 20.4 Å². The molecule has 0 radical (unpaired) electrons. The summed E-state index contributed by atoms with van der Waals surface area (Å²) in [5.41, 5.74) is 10.6. The Morgan fingerprint density at radius 3 is 2.26 bits per heavy atom. The molecule has 7 nitrogen and oxygen atoms in total. The molecule has 1 unspecified atom stereocenters. The Labute approximate surface area is 122 Å². The third kappa shape index (κ3) is 3.41. The van der Waals surface area contributed by atoms with Crippen LogP contribution in [0.5, 0.6) is 0 Å². The van der Waals surface area contributed by atoms with E-state index in [2.05, 4.69) is 5.32 Å². The van der Waals surface area contributed by atoms with Gasteiger partial charge in [-0.3, -0.25) is 14.4 Å². The number of amides is 3. The van der Waals surface area contributed by atoms with Crippen molar-refractivity contribution in [2.24, 2.45) is 11.5 Å². The molecule has 1 rings (SSSR count). The first-order valence-corrected chi connectivity index (χ1v) is 6.24. The molecule has 0 saturated heterocycles. The standard InChI is InChI=1S/C11H12IN3O4/c1-4(16)11(19)15-6-3-2-5(9(13)17)8(12)7(6)10(14)18/h2-4,16H,1H3,(H2,13,17)(H2,14,18)(H,15,19). The molecule has 0 aliphatic heterocycles. The van der Waals surface area contributed by atoms with Crippen LogP contribution >= 0.6 is 22.6 Å². The summed E-state index contributed by atoms with van der Waals surface area (Å²) in [7, 11) is 0. The maximum Gasteiger partial charge on any atom is 0.252 e. The number of anilines is 1. The lowest BCUT2D eigenvalue weighted by Crippen LogP contribution is -2.27. The first-order chi connectivity index (χ1) is 8.75. The van der Waals surface area contributed by atoms with Crippen LogP contribution < -0.4 is 16.8 Å². The number of benzene rings is 1. The third-order valence-corrected chi connectivity index (χ3v) is 3.41. The maximum atomic E-state index is 11.4. The summed E-state index contributed by atoms with van der Waals surface area (Å²) in [6.45, 7) is 1.28. The van der Waals surface area contributed by atoms with Gasteiger partial charge in [0.25, 0.3) is 11.8 Å². The second kappa shape index (κ2) is 5.97. The van der Waals surface area contributed by atoms with Crippen molar-refractivity contribution >= 4 is 46.0 Å². The van der Waals surface area contributed by atoms with E-state index in [1.807, 2.05) is 0 Å². The van der Waals surface area contributed by atoms with Gasteiger partial charge in [-0.2, -0.15) is 0 Å². The molecule has 0 aliphatic rings. The van der Waals surface area contributed by atoms with Crippen molar-refractivity contribution in [1.82, 2.24) is 0 Å². The van der Waals surface area contributed by atoms with Crippen LogP contribution in [-0.2, 0) is 4.79 Å². The number of hydrogen-bond donors (Lipinski definition) is 4. The number of primary amides is 2. The molecule has 0 heterocycles. The number of halogens is 1. The van der Waals surface area contributed by atoms with Crippen molar-refractivity contribution in [3.63, 3.8) is 0 Å². The lowest BCUT2D eigenvalue weighted by Gasteiger charge is -2.13. The van der Waals surface area contributed by atoms with Crippen LogP contribution in [0.1, 0.15) is 27.6 Å². The zero-order valence-corrected chi connectivity index (χ0v) is 12.1. The molecule has 0 saturated carbocycles. The Morgan fingerprint density at radius 1 is 1.26 bits per heavy atom. The quantitative estimate of drug-likeness (QED) is 0.541. The molecule has 6 N–H and O–H groups in total. The zero-order chi connectivity index (χ0) is 14.7. The molecule has 0 spiro atoms. The molecule has 1 atom stereocenters. The molecule has 102 valence electrons. The predicted octanol–water partition coefficient (Wildman–Crippen LogP) is -0.192. The monoisotopic (exact) mass is 377 g/mol. The van der Waals surface area contributed by atoms with Gasteiger partial charge in [0.15, 0.2) is 0 Å². The molecule has 19 heavy (non-hydrogen) atoms. The SMILES string of the molecule is CC(O)C(=O)Nc1ccc(C(N)=O)c(I)c1C(N)=O. The minimum Gasteiger partial charge on any atom is -0.384 e. The number of carbonyl (C=O) groups is 3. The van der Waals surface area contributed by atoms with Crippen LogP contribution in [0, 0.1) is 3.57 Å². The number of rotatable bonds is 4. The molecule has 1 aromatic rings. The lowest BCUT2D eigenvalue weighted by atomic mass is 10.1. The molecule has 1 aromatic carbocycles. The third-order valence-electron chi connectivity index (χ3n) is 2.29. The van der Waals surface area contributed by atoms with Gasteiger partial charge in [-0.1, -0.05) is 0 Å². The summed E-state index contributed by atoms with van der Waals surface area (Å²) in [4.78, 5) is 34.0. The fourth-order valence-corrected chi connectivity index (χ4v) is 2.35. The van der Waals surface area contributed by atoms with Crippen LogP contribution in [0.2, 0.25) is 0 Å². The van der Waals surface area contributed by atoms with Gasteiger partial charge >= 0.3 is 0 Å². The minimum atomic E-state index is -1.24. The molecular weight excluding hydrogens is 365 g/mol. The van der Waals surface area contributed by atoms with Crippen LogP contribution in [0.4, 0.5) is 5.69 Å². The number of hydrogen-bond acceptors (Lipinski definition) is 4. The number of aliphatic hydroxyl groups excluding tert-OH is 1. The summed E-state index contributed by atoms with van der Waals surface area (Å²) in [5.74, 6) is -2.21. The Kier molecular flexibility index (Phi) is 4.84. The van der Waals surface area contributed by atoms with Crippen molar-refractivity contribution in [2.45, 2.75) is 13.0 Å². The average Bonchev–Trinajstić information content (AvgIpc) is 2.27. The van der Waals surface area contributed by atoms with Gasteiger partial charge in [0, 0.05) is 3.57 Å². The van der Waals surface area contributed by atoms with Crippen molar-refractivity contribution in [3.05, 3.63) is 26.8 Å². The lowest BCUT2D eigenvalue weighted by molar-refractivity contribution is -0.123. The molecule has 0 fully saturated rings. The summed E-state index contributed by atoms with van der Waals surface area (Å²) < 4.78 is 0.251. The Hall–Kier alpha value is -1.68. The van der Waals surface area contributed by atoms with Crippen molar-refractivity contribution in [3.8, 4) is 0 Å². The van der Waals surface area contributed by atoms with Crippen molar-refractivity contribution in [2.75, 3.05) is 5.32 Å². The van der Waals surface area contributed by atoms with E-state index < -0.39 is 23.8 Å². The van der Waals surface area contributed by atoms with Gasteiger partial charge in [0.2, 0.25) is 5.91 Å². The average molecular weight is 377 g/mol. The highest BCUT2D eigenvalue weighted by Gasteiger charge is 2.20. The second-order valence-corrected chi connectivity index (χ2v) is 4.82. The zero-order valence-electron chi connectivity index (χ0n) is 9.94. The second-order valence-electron chi connectivity index (χ2n) is 3.74. The Bertz CT molecular complexity index is 557. The van der Waals surface area contributed by atoms with Crippen LogP contribution in [0.25, 0.3) is 0 Å². The van der Waals surface area contributed by atoms with Crippen LogP contribution in [0.3, 0.4) is 0 Å².